The van der Waals surface area contributed by atoms with Gasteiger partial charge in [-0.1, -0.05) is 209 Å². The van der Waals surface area contributed by atoms with Gasteiger partial charge in [-0.15, -0.1) is 0 Å². The molecule has 0 aliphatic rings. The van der Waals surface area contributed by atoms with Crippen LogP contribution in [0.2, 0.25) is 0 Å². The third-order valence-electron chi connectivity index (χ3n) is 5.58. The number of hydrogen-bond acceptors (Lipinski definition) is 4. The third kappa shape index (κ3) is 19.3. The number of benzene rings is 5. The van der Waals surface area contributed by atoms with Gasteiger partial charge in [0.05, 0.1) is 0 Å². The molecule has 0 atom stereocenters. The average molecular weight is 735 g/mol. The molecule has 0 fully saturated rings. The van der Waals surface area contributed by atoms with E-state index in [9.17, 15) is 5.26 Å². The molecule has 0 aliphatic heterocycles. The molecule has 0 saturated heterocycles. The molecule has 0 heterocycles. The van der Waals surface area contributed by atoms with E-state index in [1.54, 1.807) is 0 Å². The Morgan fingerprint density at radius 2 is 0.720 bits per heavy atom. The van der Waals surface area contributed by atoms with Crippen molar-refractivity contribution in [1.82, 2.24) is 0 Å². The average Bonchev–Trinajstić information content (AvgIpc) is 3.07. The largest absolute Gasteiger partial charge is 1.00 e. The van der Waals surface area contributed by atoms with Crippen LogP contribution in [-0.2, 0) is 9.37 Å². The maximum atomic E-state index is 9.54. The molecule has 0 N–H and O–H groups in total. The van der Waals surface area contributed by atoms with E-state index in [1.807, 2.05) is 36.4 Å². The second-order valence-electron chi connectivity index (χ2n) is 8.28. The third-order valence-corrected chi connectivity index (χ3v) is 10.3. The molecule has 5 rings (SSSR count). The second kappa shape index (κ2) is 34.3. The number of rotatable bonds is 7. The molecule has 0 aromatic heterocycles. The quantitative estimate of drug-likeness (QED) is 0.0351. The zero-order valence-electron chi connectivity index (χ0n) is 23.5. The van der Waals surface area contributed by atoms with E-state index in [0.717, 1.165) is 0 Å². The molecule has 5 aromatic carbocycles. The van der Waals surface area contributed by atoms with Gasteiger partial charge in [-0.05, 0) is 52.2 Å². The van der Waals surface area contributed by atoms with Gasteiger partial charge in [0, 0.05) is 19.1 Å². The first-order chi connectivity index (χ1) is 20.9. The van der Waals surface area contributed by atoms with Gasteiger partial charge in [-0.3, -0.25) is 5.04 Å². The van der Waals surface area contributed by atoms with Crippen molar-refractivity contribution in [3.8, 4) is 34.6 Å². The van der Waals surface area contributed by atoms with Crippen LogP contribution in [-0.4, -0.2) is 0 Å². The van der Waals surface area contributed by atoms with E-state index in [4.69, 9.17) is 0 Å². The van der Waals surface area contributed by atoms with Crippen molar-refractivity contribution in [3.05, 3.63) is 152 Å². The Kier molecular flexibility index (Phi) is 38.6. The molecule has 260 valence electrons. The van der Waals surface area contributed by atoms with Crippen LogP contribution < -0.4 is 61.3 Å². The smallest absolute Gasteiger partial charge is 0.691 e. The molecular weight excluding hydrogens is 681 g/mol. The van der Waals surface area contributed by atoms with Gasteiger partial charge < -0.3 is 5.26 Å². The van der Waals surface area contributed by atoms with Gasteiger partial charge in [0.15, 0.2) is 0 Å². The SMILES string of the molecule is C.C.C.C.C.C.C.[Na+].[O-]OOSC#CC#CC#CP(c1ccccc1)c1ccccc1.c1ccc(P(c2ccccc2)c2ccccc2)cc1. The minimum atomic E-state index is -0.784. The second-order valence-corrected chi connectivity index (χ2v) is 12.9. The Morgan fingerprint density at radius 3 is 1.04 bits per heavy atom. The summed E-state index contributed by atoms with van der Waals surface area (Å²) in [5, 5.41) is 21.6. The summed E-state index contributed by atoms with van der Waals surface area (Å²) in [7, 11) is -1.23. The summed E-state index contributed by atoms with van der Waals surface area (Å²) in [5.74, 6) is 10.6. The van der Waals surface area contributed by atoms with E-state index < -0.39 is 15.8 Å². The topological polar surface area (TPSA) is 41.5 Å². The summed E-state index contributed by atoms with van der Waals surface area (Å²) in [6.45, 7) is 0. The van der Waals surface area contributed by atoms with Crippen molar-refractivity contribution in [3.63, 3.8) is 0 Å². The molecule has 0 aliphatic carbocycles. The minimum absolute atomic E-state index is 0. The maximum absolute atomic E-state index is 9.54. The van der Waals surface area contributed by atoms with Crippen LogP contribution in [0, 0.1) is 34.6 Å². The Hall–Kier alpha value is -3.13. The molecule has 50 heavy (non-hydrogen) atoms. The van der Waals surface area contributed by atoms with Crippen molar-refractivity contribution < 1.29 is 44.2 Å². The fourth-order valence-corrected chi connectivity index (χ4v) is 7.96. The fraction of sp³-hybridized carbons (Fsp3) is 0.163. The predicted molar refractivity (Wildman–Crippen MR) is 224 cm³/mol. The maximum Gasteiger partial charge on any atom is 1.00 e. The molecule has 0 amide bonds. The predicted octanol–water partition coefficient (Wildman–Crippen LogP) is 6.82. The first kappa shape index (κ1) is 56.3. The summed E-state index contributed by atoms with van der Waals surface area (Å²) < 4.78 is 3.98. The van der Waals surface area contributed by atoms with Crippen LogP contribution >= 0.6 is 27.9 Å². The molecule has 0 bridgehead atoms. The first-order valence-electron chi connectivity index (χ1n) is 12.8. The Balaban J connectivity index is -0.000000235. The van der Waals surface area contributed by atoms with Gasteiger partial charge >= 0.3 is 29.6 Å². The molecule has 0 spiro atoms. The zero-order valence-corrected chi connectivity index (χ0v) is 28.1. The summed E-state index contributed by atoms with van der Waals surface area (Å²) in [5.41, 5.74) is 3.22. The van der Waals surface area contributed by atoms with Gasteiger partial charge in [-0.25, -0.2) is 0 Å². The minimum Gasteiger partial charge on any atom is -0.691 e. The molecule has 3 nitrogen and oxygen atoms in total. The monoisotopic (exact) mass is 734 g/mol. The molecular formula is C43H53NaO3P2S. The Morgan fingerprint density at radius 1 is 0.420 bits per heavy atom. The van der Waals surface area contributed by atoms with Gasteiger partial charge in [0.1, 0.15) is 12.0 Å². The Labute approximate surface area is 334 Å². The van der Waals surface area contributed by atoms with Gasteiger partial charge in [0.2, 0.25) is 0 Å². The summed E-state index contributed by atoms with van der Waals surface area (Å²) >= 11 is 0.569. The number of hydrogen-bond donors (Lipinski definition) is 0. The van der Waals surface area contributed by atoms with Crippen LogP contribution in [0.25, 0.3) is 0 Å². The normalized spacial score (nSPS) is 8.14. The van der Waals surface area contributed by atoms with E-state index in [0.29, 0.717) is 12.0 Å². The molecule has 0 radical (unpaired) electrons. The van der Waals surface area contributed by atoms with E-state index >= 15 is 0 Å². The van der Waals surface area contributed by atoms with Crippen LogP contribution in [0.1, 0.15) is 52.0 Å². The Bertz CT molecular complexity index is 1540. The van der Waals surface area contributed by atoms with E-state index in [-0.39, 0.29) is 81.5 Å². The van der Waals surface area contributed by atoms with Gasteiger partial charge in [-0.2, -0.15) is 4.33 Å². The zero-order chi connectivity index (χ0) is 29.1. The standard InChI is InChI=1S/C18H11O3PS.C18H15P.7CH4.Na/c19-20-21-23-16-10-2-1-9-15-22(17-11-5-3-6-12-17)18-13-7-4-8-14-18;1-4-10-16(11-5-1)19(17-12-6-2-7-13-17)18-14-8-3-9-15-18;;;;;;;;/h3-8,11-14,19H;1-15H;7*1H4;/q;;;;;;;;;+1/p-1. The van der Waals surface area contributed by atoms with Crippen LogP contribution in [0.4, 0.5) is 0 Å². The summed E-state index contributed by atoms with van der Waals surface area (Å²) in [4.78, 5) is 0. The van der Waals surface area contributed by atoms with Crippen molar-refractivity contribution in [1.29, 1.82) is 0 Å². The van der Waals surface area contributed by atoms with Crippen LogP contribution in [0.3, 0.4) is 0 Å². The van der Waals surface area contributed by atoms with E-state index in [1.165, 1.54) is 26.5 Å². The summed E-state index contributed by atoms with van der Waals surface area (Å²) in [6, 6.07) is 52.6. The first-order valence-corrected chi connectivity index (χ1v) is 16.3. The molecule has 5 aromatic rings. The summed E-state index contributed by atoms with van der Waals surface area (Å²) in [6.07, 6.45) is 0. The molecule has 0 unspecified atom stereocenters. The van der Waals surface area contributed by atoms with Crippen molar-refractivity contribution in [2.45, 2.75) is 52.0 Å². The van der Waals surface area contributed by atoms with E-state index in [2.05, 4.69) is 159 Å². The van der Waals surface area contributed by atoms with Crippen molar-refractivity contribution in [2.75, 3.05) is 0 Å². The van der Waals surface area contributed by atoms with Crippen LogP contribution in [0.5, 0.6) is 0 Å². The van der Waals surface area contributed by atoms with Gasteiger partial charge in [0.25, 0.3) is 0 Å². The van der Waals surface area contributed by atoms with Crippen molar-refractivity contribution >= 4 is 54.4 Å². The fourth-order valence-electron chi connectivity index (χ4n) is 3.83. The van der Waals surface area contributed by atoms with Crippen molar-refractivity contribution in [2.24, 2.45) is 0 Å². The molecule has 0 saturated carbocycles. The van der Waals surface area contributed by atoms with Crippen LogP contribution in [0.15, 0.2) is 152 Å². The molecule has 7 heteroatoms.